The largest absolute Gasteiger partial charge is 0.496 e. The quantitative estimate of drug-likeness (QED) is 0.453. The highest BCUT2D eigenvalue weighted by atomic mass is 16.7. The average Bonchev–Trinajstić information content (AvgIpc) is 2.37. The molecule has 0 unspecified atom stereocenters. The van der Waals surface area contributed by atoms with E-state index in [-0.39, 0.29) is 0 Å². The van der Waals surface area contributed by atoms with Gasteiger partial charge in [0.25, 0.3) is 0 Å². The topological polar surface area (TPSA) is 66.3 Å². The number of rotatable bonds is 5. The van der Waals surface area contributed by atoms with Gasteiger partial charge in [-0.1, -0.05) is 5.16 Å². The maximum atomic E-state index is 10.6. The first-order valence-corrected chi connectivity index (χ1v) is 5.13. The molecule has 18 heavy (non-hydrogen) atoms. The Labute approximate surface area is 105 Å². The molecule has 6 heteroatoms. The first-order chi connectivity index (χ1) is 8.62. The highest BCUT2D eigenvalue weighted by Crippen LogP contribution is 2.33. The molecule has 0 aliphatic heterocycles. The Morgan fingerprint density at radius 1 is 1.06 bits per heavy atom. The monoisotopic (exact) mass is 253 g/mol. The van der Waals surface area contributed by atoms with E-state index in [9.17, 15) is 4.79 Å². The Morgan fingerprint density at radius 2 is 1.61 bits per heavy atom. The second-order valence-corrected chi connectivity index (χ2v) is 3.27. The fraction of sp³-hybridized carbons (Fsp3) is 0.333. The van der Waals surface area contributed by atoms with Gasteiger partial charge in [-0.15, -0.1) is 0 Å². The number of carbonyl (C=O) groups is 1. The molecule has 0 bridgehead atoms. The van der Waals surface area contributed by atoms with Crippen LogP contribution in [-0.4, -0.2) is 33.5 Å². The van der Waals surface area contributed by atoms with Crippen LogP contribution in [0.15, 0.2) is 17.3 Å². The second-order valence-electron chi connectivity index (χ2n) is 3.27. The molecular weight excluding hydrogens is 238 g/mol. The van der Waals surface area contributed by atoms with Gasteiger partial charge in [-0.2, -0.15) is 0 Å². The maximum Gasteiger partial charge on any atom is 0.331 e. The molecule has 0 aliphatic rings. The van der Waals surface area contributed by atoms with Crippen molar-refractivity contribution in [3.8, 4) is 17.2 Å². The van der Waals surface area contributed by atoms with E-state index in [1.807, 2.05) is 0 Å². The van der Waals surface area contributed by atoms with Crippen molar-refractivity contribution in [3.63, 3.8) is 0 Å². The normalized spacial score (nSPS) is 10.2. The van der Waals surface area contributed by atoms with Gasteiger partial charge >= 0.3 is 5.97 Å². The number of carbonyl (C=O) groups excluding carboxylic acids is 1. The molecule has 0 radical (unpaired) electrons. The van der Waals surface area contributed by atoms with Gasteiger partial charge in [0.2, 0.25) is 0 Å². The Kier molecular flexibility index (Phi) is 4.98. The summed E-state index contributed by atoms with van der Waals surface area (Å²) in [7, 11) is 4.58. The lowest BCUT2D eigenvalue weighted by Crippen LogP contribution is -1.97. The summed E-state index contributed by atoms with van der Waals surface area (Å²) < 4.78 is 15.5. The standard InChI is InChI=1S/C12H15NO5/c1-8(14)18-13-7-9-5-11(16-3)12(17-4)6-10(9)15-2/h5-7H,1-4H3. The molecule has 0 amide bonds. The SMILES string of the molecule is COc1cc(OC)c(OC)cc1C=NOC(C)=O. The first-order valence-electron chi connectivity index (χ1n) is 5.13. The lowest BCUT2D eigenvalue weighted by Gasteiger charge is -2.11. The van der Waals surface area contributed by atoms with Crippen LogP contribution in [0.1, 0.15) is 12.5 Å². The fourth-order valence-corrected chi connectivity index (χ4v) is 1.31. The minimum atomic E-state index is -0.495. The minimum absolute atomic E-state index is 0.495. The van der Waals surface area contributed by atoms with E-state index in [1.165, 1.54) is 34.5 Å². The van der Waals surface area contributed by atoms with Crippen LogP contribution in [0.25, 0.3) is 0 Å². The predicted molar refractivity (Wildman–Crippen MR) is 65.5 cm³/mol. The summed E-state index contributed by atoms with van der Waals surface area (Å²) in [5.74, 6) is 1.11. The smallest absolute Gasteiger partial charge is 0.331 e. The average molecular weight is 253 g/mol. The minimum Gasteiger partial charge on any atom is -0.496 e. The molecular formula is C12H15NO5. The van der Waals surface area contributed by atoms with Gasteiger partial charge < -0.3 is 19.0 Å². The molecule has 0 spiro atoms. The third-order valence-corrected chi connectivity index (χ3v) is 2.11. The Hall–Kier alpha value is -2.24. The van der Waals surface area contributed by atoms with Gasteiger partial charge in [0.1, 0.15) is 5.75 Å². The number of nitrogens with zero attached hydrogens (tertiary/aromatic N) is 1. The third kappa shape index (κ3) is 3.38. The molecule has 98 valence electrons. The number of ether oxygens (including phenoxy) is 3. The van der Waals surface area contributed by atoms with Gasteiger partial charge in [0, 0.05) is 18.6 Å². The van der Waals surface area contributed by atoms with Crippen molar-refractivity contribution in [1.29, 1.82) is 0 Å². The van der Waals surface area contributed by atoms with Crippen LogP contribution in [0.5, 0.6) is 17.2 Å². The maximum absolute atomic E-state index is 10.6. The molecule has 0 fully saturated rings. The van der Waals surface area contributed by atoms with E-state index in [0.29, 0.717) is 22.8 Å². The lowest BCUT2D eigenvalue weighted by molar-refractivity contribution is -0.140. The van der Waals surface area contributed by atoms with E-state index in [0.717, 1.165) is 0 Å². The molecule has 1 aromatic rings. The van der Waals surface area contributed by atoms with Crippen molar-refractivity contribution in [2.75, 3.05) is 21.3 Å². The first kappa shape index (κ1) is 13.8. The van der Waals surface area contributed by atoms with Crippen LogP contribution in [0.3, 0.4) is 0 Å². The van der Waals surface area contributed by atoms with Gasteiger partial charge in [0.15, 0.2) is 11.5 Å². The number of hydrogen-bond donors (Lipinski definition) is 0. The van der Waals surface area contributed by atoms with E-state index >= 15 is 0 Å². The van der Waals surface area contributed by atoms with Crippen molar-refractivity contribution in [1.82, 2.24) is 0 Å². The van der Waals surface area contributed by atoms with E-state index < -0.39 is 5.97 Å². The molecule has 1 aromatic carbocycles. The molecule has 1 rings (SSSR count). The summed E-state index contributed by atoms with van der Waals surface area (Å²) in [6.45, 7) is 1.27. The molecule has 6 nitrogen and oxygen atoms in total. The summed E-state index contributed by atoms with van der Waals surface area (Å²) in [6.07, 6.45) is 1.36. The highest BCUT2D eigenvalue weighted by molar-refractivity contribution is 5.85. The third-order valence-electron chi connectivity index (χ3n) is 2.11. The molecule has 0 atom stereocenters. The van der Waals surface area contributed by atoms with Crippen molar-refractivity contribution < 1.29 is 23.8 Å². The molecule has 0 aromatic heterocycles. The van der Waals surface area contributed by atoms with Gasteiger partial charge in [-0.3, -0.25) is 0 Å². The molecule has 0 heterocycles. The molecule has 0 N–H and O–H groups in total. The number of benzene rings is 1. The zero-order valence-electron chi connectivity index (χ0n) is 10.7. The van der Waals surface area contributed by atoms with E-state index in [1.54, 1.807) is 12.1 Å². The lowest BCUT2D eigenvalue weighted by atomic mass is 10.2. The van der Waals surface area contributed by atoms with Crippen molar-refractivity contribution >= 4 is 12.2 Å². The van der Waals surface area contributed by atoms with Gasteiger partial charge in [-0.05, 0) is 6.07 Å². The summed E-state index contributed by atoms with van der Waals surface area (Å²) in [6, 6.07) is 3.33. The summed E-state index contributed by atoms with van der Waals surface area (Å²) in [4.78, 5) is 15.1. The van der Waals surface area contributed by atoms with Crippen molar-refractivity contribution in [2.45, 2.75) is 6.92 Å². The number of oxime groups is 1. The van der Waals surface area contributed by atoms with E-state index in [2.05, 4.69) is 9.99 Å². The Morgan fingerprint density at radius 3 is 2.11 bits per heavy atom. The Bertz CT molecular complexity index is 456. The van der Waals surface area contributed by atoms with Crippen molar-refractivity contribution in [2.24, 2.45) is 5.16 Å². The predicted octanol–water partition coefficient (Wildman–Crippen LogP) is 1.61. The van der Waals surface area contributed by atoms with Crippen molar-refractivity contribution in [3.05, 3.63) is 17.7 Å². The zero-order valence-corrected chi connectivity index (χ0v) is 10.7. The summed E-state index contributed by atoms with van der Waals surface area (Å²) in [5.41, 5.74) is 0.608. The zero-order chi connectivity index (χ0) is 13.5. The van der Waals surface area contributed by atoms with Crippen LogP contribution in [0.4, 0.5) is 0 Å². The van der Waals surface area contributed by atoms with Gasteiger partial charge in [0.05, 0.1) is 27.5 Å². The summed E-state index contributed by atoms with van der Waals surface area (Å²) >= 11 is 0. The van der Waals surface area contributed by atoms with Crippen LogP contribution in [0.2, 0.25) is 0 Å². The van der Waals surface area contributed by atoms with Crippen LogP contribution < -0.4 is 14.2 Å². The Balaban J connectivity index is 3.09. The highest BCUT2D eigenvalue weighted by Gasteiger charge is 2.10. The second kappa shape index (κ2) is 6.48. The molecule has 0 saturated carbocycles. The molecule has 0 saturated heterocycles. The number of hydrogen-bond acceptors (Lipinski definition) is 6. The van der Waals surface area contributed by atoms with Gasteiger partial charge in [-0.25, -0.2) is 4.79 Å². The number of methoxy groups -OCH3 is 3. The van der Waals surface area contributed by atoms with Crippen LogP contribution in [-0.2, 0) is 9.63 Å². The fourth-order valence-electron chi connectivity index (χ4n) is 1.31. The summed E-state index contributed by atoms with van der Waals surface area (Å²) in [5, 5.41) is 3.53. The van der Waals surface area contributed by atoms with E-state index in [4.69, 9.17) is 14.2 Å². The van der Waals surface area contributed by atoms with Crippen LogP contribution >= 0.6 is 0 Å². The van der Waals surface area contributed by atoms with Crippen LogP contribution in [0, 0.1) is 0 Å². The molecule has 0 aliphatic carbocycles.